The minimum atomic E-state index is 0. The summed E-state index contributed by atoms with van der Waals surface area (Å²) in [5.74, 6) is 0.475. The van der Waals surface area contributed by atoms with Gasteiger partial charge in [-0.05, 0) is 19.4 Å². The van der Waals surface area contributed by atoms with Crippen molar-refractivity contribution in [3.8, 4) is 0 Å². The van der Waals surface area contributed by atoms with Crippen molar-refractivity contribution in [1.29, 1.82) is 0 Å². The zero-order valence-electron chi connectivity index (χ0n) is 8.19. The smallest absolute Gasteiger partial charge is 0.231 e. The van der Waals surface area contributed by atoms with Gasteiger partial charge in [0, 0.05) is 6.54 Å². The molecule has 1 atom stereocenters. The Morgan fingerprint density at radius 3 is 3.07 bits per heavy atom. The first-order chi connectivity index (χ1) is 6.86. The molecule has 0 unspecified atom stereocenters. The fourth-order valence-corrected chi connectivity index (χ4v) is 1.56. The summed E-state index contributed by atoms with van der Waals surface area (Å²) in [5, 5.41) is 12.1. The van der Waals surface area contributed by atoms with Gasteiger partial charge in [0.05, 0.1) is 5.92 Å². The Hall–Kier alpha value is -1.14. The Labute approximate surface area is 93.6 Å². The van der Waals surface area contributed by atoms with Crippen LogP contribution < -0.4 is 10.6 Å². The lowest BCUT2D eigenvalue weighted by molar-refractivity contribution is -0.120. The van der Waals surface area contributed by atoms with E-state index >= 15 is 0 Å². The van der Waals surface area contributed by atoms with Crippen LogP contribution in [0.2, 0.25) is 0 Å². The van der Waals surface area contributed by atoms with Crippen molar-refractivity contribution in [2.24, 2.45) is 5.92 Å². The van der Waals surface area contributed by atoms with Crippen LogP contribution in [-0.2, 0) is 4.79 Å². The Morgan fingerprint density at radius 2 is 2.47 bits per heavy atom. The van der Waals surface area contributed by atoms with E-state index in [-0.39, 0.29) is 24.2 Å². The number of carbonyl (C=O) groups is 1. The van der Waals surface area contributed by atoms with Crippen molar-refractivity contribution >= 4 is 24.3 Å². The van der Waals surface area contributed by atoms with Crippen LogP contribution in [0.5, 0.6) is 0 Å². The number of anilines is 1. The molecule has 1 amide bonds. The van der Waals surface area contributed by atoms with Gasteiger partial charge in [0.1, 0.15) is 6.33 Å². The molecule has 7 heteroatoms. The molecule has 1 aliphatic rings. The highest BCUT2D eigenvalue weighted by molar-refractivity contribution is 5.91. The Morgan fingerprint density at radius 1 is 1.60 bits per heavy atom. The summed E-state index contributed by atoms with van der Waals surface area (Å²) in [4.78, 5) is 15.5. The minimum Gasteiger partial charge on any atom is -0.316 e. The van der Waals surface area contributed by atoms with Gasteiger partial charge in [-0.15, -0.1) is 12.4 Å². The van der Waals surface area contributed by atoms with Crippen molar-refractivity contribution < 1.29 is 4.79 Å². The van der Waals surface area contributed by atoms with E-state index in [1.54, 1.807) is 0 Å². The van der Waals surface area contributed by atoms with Gasteiger partial charge in [-0.1, -0.05) is 0 Å². The number of halogens is 1. The molecule has 0 aliphatic carbocycles. The van der Waals surface area contributed by atoms with Crippen molar-refractivity contribution in [2.45, 2.75) is 12.8 Å². The quantitative estimate of drug-likeness (QED) is 0.678. The molecule has 1 aliphatic heterocycles. The maximum absolute atomic E-state index is 11.6. The molecular weight excluding hydrogens is 218 g/mol. The first kappa shape index (κ1) is 11.9. The third kappa shape index (κ3) is 3.17. The number of aromatic amines is 1. The Bertz CT molecular complexity index is 296. The fourth-order valence-electron chi connectivity index (χ4n) is 1.56. The summed E-state index contributed by atoms with van der Waals surface area (Å²) in [6, 6.07) is 0. The minimum absolute atomic E-state index is 0. The lowest BCUT2D eigenvalue weighted by Crippen LogP contribution is -2.37. The highest BCUT2D eigenvalue weighted by Crippen LogP contribution is 2.11. The molecule has 1 saturated heterocycles. The second kappa shape index (κ2) is 5.67. The van der Waals surface area contributed by atoms with Crippen LogP contribution in [0.25, 0.3) is 0 Å². The van der Waals surface area contributed by atoms with Crippen LogP contribution in [0.15, 0.2) is 6.33 Å². The first-order valence-electron chi connectivity index (χ1n) is 4.73. The lowest BCUT2D eigenvalue weighted by atomic mass is 9.99. The van der Waals surface area contributed by atoms with Crippen LogP contribution in [0.4, 0.5) is 5.95 Å². The fraction of sp³-hybridized carbons (Fsp3) is 0.625. The maximum Gasteiger partial charge on any atom is 0.231 e. The topological polar surface area (TPSA) is 82.7 Å². The summed E-state index contributed by atoms with van der Waals surface area (Å²) < 4.78 is 0. The average Bonchev–Trinajstić information content (AvgIpc) is 2.72. The van der Waals surface area contributed by atoms with Gasteiger partial charge < -0.3 is 5.32 Å². The number of aromatic nitrogens is 3. The summed E-state index contributed by atoms with van der Waals surface area (Å²) in [6.45, 7) is 1.76. The second-order valence-corrected chi connectivity index (χ2v) is 3.37. The predicted octanol–water partition coefficient (Wildman–Crippen LogP) is 0.165. The lowest BCUT2D eigenvalue weighted by Gasteiger charge is -2.21. The van der Waals surface area contributed by atoms with Crippen LogP contribution in [0.3, 0.4) is 0 Å². The van der Waals surface area contributed by atoms with Crippen LogP contribution in [-0.4, -0.2) is 34.2 Å². The highest BCUT2D eigenvalue weighted by atomic mass is 35.5. The number of carbonyl (C=O) groups excluding carboxylic acids is 1. The zero-order valence-corrected chi connectivity index (χ0v) is 9.01. The molecule has 3 N–H and O–H groups in total. The highest BCUT2D eigenvalue weighted by Gasteiger charge is 2.21. The van der Waals surface area contributed by atoms with E-state index < -0.39 is 0 Å². The number of piperidine rings is 1. The molecule has 0 radical (unpaired) electrons. The van der Waals surface area contributed by atoms with Crippen molar-refractivity contribution in [1.82, 2.24) is 20.5 Å². The molecule has 0 saturated carbocycles. The van der Waals surface area contributed by atoms with E-state index in [0.717, 1.165) is 25.9 Å². The van der Waals surface area contributed by atoms with E-state index in [0.29, 0.717) is 5.95 Å². The summed E-state index contributed by atoms with van der Waals surface area (Å²) in [5.41, 5.74) is 0. The molecule has 1 aromatic rings. The van der Waals surface area contributed by atoms with E-state index in [9.17, 15) is 4.79 Å². The average molecular weight is 232 g/mol. The third-order valence-electron chi connectivity index (χ3n) is 2.32. The molecule has 1 fully saturated rings. The van der Waals surface area contributed by atoms with Gasteiger partial charge in [0.25, 0.3) is 0 Å². The number of rotatable bonds is 2. The molecule has 15 heavy (non-hydrogen) atoms. The number of amides is 1. The monoisotopic (exact) mass is 231 g/mol. The van der Waals surface area contributed by atoms with Gasteiger partial charge in [0.2, 0.25) is 11.9 Å². The van der Waals surface area contributed by atoms with Gasteiger partial charge in [-0.2, -0.15) is 10.1 Å². The molecule has 6 nitrogen and oxygen atoms in total. The Balaban J connectivity index is 0.00000112. The molecule has 0 bridgehead atoms. The van der Waals surface area contributed by atoms with Crippen molar-refractivity contribution in [3.05, 3.63) is 6.33 Å². The normalized spacial score (nSPS) is 20.4. The molecule has 0 spiro atoms. The van der Waals surface area contributed by atoms with E-state index in [1.807, 2.05) is 0 Å². The summed E-state index contributed by atoms with van der Waals surface area (Å²) in [6.07, 6.45) is 3.36. The second-order valence-electron chi connectivity index (χ2n) is 3.37. The van der Waals surface area contributed by atoms with Crippen molar-refractivity contribution in [2.75, 3.05) is 18.4 Å². The number of H-pyrrole nitrogens is 1. The first-order valence-corrected chi connectivity index (χ1v) is 4.73. The number of hydrogen-bond donors (Lipinski definition) is 3. The van der Waals surface area contributed by atoms with Crippen LogP contribution >= 0.6 is 12.4 Å². The number of nitrogens with zero attached hydrogens (tertiary/aromatic N) is 2. The summed E-state index contributed by atoms with van der Waals surface area (Å²) >= 11 is 0. The predicted molar refractivity (Wildman–Crippen MR) is 57.9 cm³/mol. The molecule has 2 heterocycles. The number of hydrogen-bond acceptors (Lipinski definition) is 4. The van der Waals surface area contributed by atoms with Gasteiger partial charge in [-0.3, -0.25) is 10.1 Å². The maximum atomic E-state index is 11.6. The SMILES string of the molecule is Cl.O=C(Nc1ncn[nH]1)[C@@H]1CCCNC1. The zero-order chi connectivity index (χ0) is 9.80. The molecule has 2 rings (SSSR count). The van der Waals surface area contributed by atoms with E-state index in [1.165, 1.54) is 6.33 Å². The van der Waals surface area contributed by atoms with Gasteiger partial charge >= 0.3 is 0 Å². The van der Waals surface area contributed by atoms with E-state index in [4.69, 9.17) is 0 Å². The third-order valence-corrected chi connectivity index (χ3v) is 2.32. The number of nitrogens with one attached hydrogen (secondary N) is 3. The Kier molecular flexibility index (Phi) is 4.51. The molecule has 84 valence electrons. The molecular formula is C8H14ClN5O. The summed E-state index contributed by atoms with van der Waals surface area (Å²) in [7, 11) is 0. The van der Waals surface area contributed by atoms with Gasteiger partial charge in [0.15, 0.2) is 0 Å². The van der Waals surface area contributed by atoms with Crippen LogP contribution in [0.1, 0.15) is 12.8 Å². The van der Waals surface area contributed by atoms with Gasteiger partial charge in [-0.25, -0.2) is 5.10 Å². The molecule has 0 aromatic carbocycles. The molecule has 1 aromatic heterocycles. The standard InChI is InChI=1S/C8H13N5O.ClH/c14-7(6-2-1-3-9-4-6)12-8-10-5-11-13-8;/h5-6,9H,1-4H2,(H2,10,11,12,13,14);1H/t6-;/m1./s1. The van der Waals surface area contributed by atoms with E-state index in [2.05, 4.69) is 25.8 Å². The van der Waals surface area contributed by atoms with Crippen molar-refractivity contribution in [3.63, 3.8) is 0 Å². The van der Waals surface area contributed by atoms with Crippen LogP contribution in [0, 0.1) is 5.92 Å². The largest absolute Gasteiger partial charge is 0.316 e.